The number of hydrogen-bond acceptors (Lipinski definition) is 4. The fourth-order valence-electron chi connectivity index (χ4n) is 3.15. The molecule has 5 nitrogen and oxygen atoms in total. The van der Waals surface area contributed by atoms with E-state index in [2.05, 4.69) is 4.90 Å². The molecule has 0 bridgehead atoms. The van der Waals surface area contributed by atoms with Crippen LogP contribution < -0.4 is 4.90 Å². The van der Waals surface area contributed by atoms with E-state index in [1.165, 1.54) is 6.07 Å². The van der Waals surface area contributed by atoms with E-state index in [1.807, 2.05) is 13.0 Å². The zero-order valence-corrected chi connectivity index (χ0v) is 13.5. The Labute approximate surface area is 136 Å². The highest BCUT2D eigenvalue weighted by Crippen LogP contribution is 2.25. The number of amides is 1. The number of hydrogen-bond donors (Lipinski definition) is 0. The number of nitrogens with zero attached hydrogens (tertiary/aromatic N) is 2. The van der Waals surface area contributed by atoms with E-state index in [0.29, 0.717) is 26.3 Å². The van der Waals surface area contributed by atoms with Crippen molar-refractivity contribution in [1.82, 2.24) is 4.90 Å². The number of anilines is 1. The predicted molar refractivity (Wildman–Crippen MR) is 85.2 cm³/mol. The van der Waals surface area contributed by atoms with Crippen LogP contribution in [0.2, 0.25) is 0 Å². The summed E-state index contributed by atoms with van der Waals surface area (Å²) in [5.41, 5.74) is 2.00. The van der Waals surface area contributed by atoms with Gasteiger partial charge in [0.2, 0.25) is 0 Å². The highest BCUT2D eigenvalue weighted by atomic mass is 19.1. The van der Waals surface area contributed by atoms with Gasteiger partial charge in [-0.2, -0.15) is 0 Å². The Morgan fingerprint density at radius 1 is 1.22 bits per heavy atom. The van der Waals surface area contributed by atoms with E-state index < -0.39 is 0 Å². The SMILES string of the molecule is Cc1cc(F)ccc1N1CCC(OC(=O)N2CCOCC2)CC1. The topological polar surface area (TPSA) is 42.0 Å². The van der Waals surface area contributed by atoms with Crippen molar-refractivity contribution in [3.05, 3.63) is 29.6 Å². The lowest BCUT2D eigenvalue weighted by molar-refractivity contribution is 0.00826. The van der Waals surface area contributed by atoms with Crippen molar-refractivity contribution in [1.29, 1.82) is 0 Å². The second-order valence-electron chi connectivity index (χ2n) is 6.10. The molecule has 0 aromatic heterocycles. The maximum Gasteiger partial charge on any atom is 0.410 e. The molecule has 1 aromatic rings. The van der Waals surface area contributed by atoms with Crippen molar-refractivity contribution in [3.8, 4) is 0 Å². The Balaban J connectivity index is 1.51. The van der Waals surface area contributed by atoms with Crippen molar-refractivity contribution in [2.24, 2.45) is 0 Å². The van der Waals surface area contributed by atoms with Crippen molar-refractivity contribution in [2.75, 3.05) is 44.3 Å². The normalized spacial score (nSPS) is 19.7. The van der Waals surface area contributed by atoms with Gasteiger partial charge in [0.15, 0.2) is 0 Å². The number of halogens is 1. The minimum Gasteiger partial charge on any atom is -0.446 e. The number of piperidine rings is 1. The molecule has 2 aliphatic rings. The molecule has 3 rings (SSSR count). The number of benzene rings is 1. The van der Waals surface area contributed by atoms with Crippen molar-refractivity contribution >= 4 is 11.8 Å². The third kappa shape index (κ3) is 3.93. The molecule has 2 aliphatic heterocycles. The summed E-state index contributed by atoms with van der Waals surface area (Å²) in [6, 6.07) is 4.87. The van der Waals surface area contributed by atoms with Gasteiger partial charge in [-0.05, 0) is 30.7 Å². The van der Waals surface area contributed by atoms with E-state index in [9.17, 15) is 9.18 Å². The van der Waals surface area contributed by atoms with Crippen LogP contribution in [0.1, 0.15) is 18.4 Å². The second-order valence-corrected chi connectivity index (χ2v) is 6.10. The number of carbonyl (C=O) groups excluding carboxylic acids is 1. The van der Waals surface area contributed by atoms with Crippen molar-refractivity contribution in [2.45, 2.75) is 25.9 Å². The van der Waals surface area contributed by atoms with Gasteiger partial charge in [0.25, 0.3) is 0 Å². The van der Waals surface area contributed by atoms with Gasteiger partial charge >= 0.3 is 6.09 Å². The molecule has 1 amide bonds. The van der Waals surface area contributed by atoms with Gasteiger partial charge in [-0.15, -0.1) is 0 Å². The molecule has 0 atom stereocenters. The Bertz CT molecular complexity index is 553. The van der Waals surface area contributed by atoms with E-state index in [4.69, 9.17) is 9.47 Å². The molecule has 0 radical (unpaired) electrons. The Kier molecular flexibility index (Phi) is 5.00. The van der Waals surface area contributed by atoms with Crippen LogP contribution >= 0.6 is 0 Å². The Hall–Kier alpha value is -1.82. The van der Waals surface area contributed by atoms with E-state index in [-0.39, 0.29) is 18.0 Å². The third-order valence-corrected chi connectivity index (χ3v) is 4.48. The summed E-state index contributed by atoms with van der Waals surface area (Å²) in [7, 11) is 0. The van der Waals surface area contributed by atoms with Gasteiger partial charge in [-0.1, -0.05) is 0 Å². The zero-order valence-electron chi connectivity index (χ0n) is 13.5. The smallest absolute Gasteiger partial charge is 0.410 e. The molecule has 0 aliphatic carbocycles. The Morgan fingerprint density at radius 2 is 1.91 bits per heavy atom. The van der Waals surface area contributed by atoms with Gasteiger partial charge in [0, 0.05) is 44.7 Å². The van der Waals surface area contributed by atoms with Crippen molar-refractivity contribution < 1.29 is 18.7 Å². The summed E-state index contributed by atoms with van der Waals surface area (Å²) in [4.78, 5) is 16.0. The molecule has 23 heavy (non-hydrogen) atoms. The first-order valence-corrected chi connectivity index (χ1v) is 8.18. The summed E-state index contributed by atoms with van der Waals surface area (Å²) in [5.74, 6) is -0.208. The molecule has 6 heteroatoms. The molecule has 0 unspecified atom stereocenters. The first-order valence-electron chi connectivity index (χ1n) is 8.18. The van der Waals surface area contributed by atoms with Crippen LogP contribution in [-0.2, 0) is 9.47 Å². The lowest BCUT2D eigenvalue weighted by Crippen LogP contribution is -2.44. The lowest BCUT2D eigenvalue weighted by Gasteiger charge is -2.35. The van der Waals surface area contributed by atoms with Crippen LogP contribution in [0.4, 0.5) is 14.9 Å². The molecule has 0 N–H and O–H groups in total. The van der Waals surface area contributed by atoms with Crippen LogP contribution in [0.5, 0.6) is 0 Å². The van der Waals surface area contributed by atoms with Crippen LogP contribution in [0.25, 0.3) is 0 Å². The van der Waals surface area contributed by atoms with Crippen LogP contribution in [-0.4, -0.2) is 56.5 Å². The average Bonchev–Trinajstić information content (AvgIpc) is 2.57. The number of morpholine rings is 1. The van der Waals surface area contributed by atoms with Crippen molar-refractivity contribution in [3.63, 3.8) is 0 Å². The van der Waals surface area contributed by atoms with Crippen LogP contribution in [0.15, 0.2) is 18.2 Å². The fourth-order valence-corrected chi connectivity index (χ4v) is 3.15. The molecule has 1 aromatic carbocycles. The maximum absolute atomic E-state index is 13.2. The fraction of sp³-hybridized carbons (Fsp3) is 0.588. The molecular formula is C17H23FN2O3. The summed E-state index contributed by atoms with van der Waals surface area (Å²) in [5, 5.41) is 0. The van der Waals surface area contributed by atoms with Gasteiger partial charge in [0.05, 0.1) is 13.2 Å². The highest BCUT2D eigenvalue weighted by molar-refractivity contribution is 5.68. The number of carbonyl (C=O) groups is 1. The largest absolute Gasteiger partial charge is 0.446 e. The summed E-state index contributed by atoms with van der Waals surface area (Å²) >= 11 is 0. The van der Waals surface area contributed by atoms with Crippen LogP contribution in [0, 0.1) is 12.7 Å². The van der Waals surface area contributed by atoms with E-state index >= 15 is 0 Å². The lowest BCUT2D eigenvalue weighted by atomic mass is 10.1. The standard InChI is InChI=1S/C17H23FN2O3/c1-13-12-14(18)2-3-16(13)19-6-4-15(5-7-19)23-17(21)20-8-10-22-11-9-20/h2-3,12,15H,4-11H2,1H3. The second kappa shape index (κ2) is 7.17. The molecule has 2 heterocycles. The number of aryl methyl sites for hydroxylation is 1. The first-order chi connectivity index (χ1) is 11.1. The van der Waals surface area contributed by atoms with Gasteiger partial charge < -0.3 is 19.3 Å². The Morgan fingerprint density at radius 3 is 2.57 bits per heavy atom. The summed E-state index contributed by atoms with van der Waals surface area (Å²) in [6.45, 7) is 5.91. The van der Waals surface area contributed by atoms with Gasteiger partial charge in [0.1, 0.15) is 11.9 Å². The molecule has 2 saturated heterocycles. The number of rotatable bonds is 2. The molecule has 0 saturated carbocycles. The summed E-state index contributed by atoms with van der Waals surface area (Å²) in [6.07, 6.45) is 1.33. The van der Waals surface area contributed by atoms with E-state index in [1.54, 1.807) is 11.0 Å². The highest BCUT2D eigenvalue weighted by Gasteiger charge is 2.26. The molecule has 0 spiro atoms. The maximum atomic E-state index is 13.2. The quantitative estimate of drug-likeness (QED) is 0.839. The monoisotopic (exact) mass is 322 g/mol. The minimum atomic E-state index is -0.232. The minimum absolute atomic E-state index is 0.0395. The van der Waals surface area contributed by atoms with Gasteiger partial charge in [-0.25, -0.2) is 9.18 Å². The molecule has 126 valence electrons. The number of ether oxygens (including phenoxy) is 2. The molecule has 2 fully saturated rings. The molecular weight excluding hydrogens is 299 g/mol. The average molecular weight is 322 g/mol. The third-order valence-electron chi connectivity index (χ3n) is 4.48. The van der Waals surface area contributed by atoms with Crippen LogP contribution in [0.3, 0.4) is 0 Å². The van der Waals surface area contributed by atoms with Gasteiger partial charge in [-0.3, -0.25) is 0 Å². The van der Waals surface area contributed by atoms with E-state index in [0.717, 1.165) is 37.2 Å². The summed E-state index contributed by atoms with van der Waals surface area (Å²) < 4.78 is 24.1. The first kappa shape index (κ1) is 16.1. The predicted octanol–water partition coefficient (Wildman–Crippen LogP) is 2.57. The zero-order chi connectivity index (χ0) is 16.2.